The van der Waals surface area contributed by atoms with Crippen molar-refractivity contribution in [1.82, 2.24) is 0 Å². The zero-order valence-corrected chi connectivity index (χ0v) is 12.1. The van der Waals surface area contributed by atoms with Gasteiger partial charge in [-0.3, -0.25) is 9.59 Å². The molecule has 0 heterocycles. The van der Waals surface area contributed by atoms with Gasteiger partial charge < -0.3 is 5.32 Å². The molecule has 0 aliphatic heterocycles. The highest BCUT2D eigenvalue weighted by molar-refractivity contribution is 8.00. The fourth-order valence-electron chi connectivity index (χ4n) is 1.52. The summed E-state index contributed by atoms with van der Waals surface area (Å²) in [6.45, 7) is 0. The highest BCUT2D eigenvalue weighted by Crippen LogP contribution is 2.19. The van der Waals surface area contributed by atoms with E-state index >= 15 is 0 Å². The molecule has 0 atom stereocenters. The Kier molecular flexibility index (Phi) is 5.21. The first-order valence-corrected chi connectivity index (χ1v) is 7.27. The van der Waals surface area contributed by atoms with E-state index < -0.39 is 0 Å². The predicted molar refractivity (Wildman–Crippen MR) is 82.6 cm³/mol. The first-order chi connectivity index (χ1) is 9.67. The Labute approximate surface area is 126 Å². The van der Waals surface area contributed by atoms with Crippen molar-refractivity contribution in [2.24, 2.45) is 0 Å². The Morgan fingerprint density at radius 3 is 2.35 bits per heavy atom. The number of thioether (sulfide) groups is 1. The van der Waals surface area contributed by atoms with Crippen LogP contribution < -0.4 is 5.32 Å². The van der Waals surface area contributed by atoms with E-state index in [2.05, 4.69) is 5.32 Å². The largest absolute Gasteiger partial charge is 0.325 e. The van der Waals surface area contributed by atoms with Crippen LogP contribution in [0.25, 0.3) is 0 Å². The van der Waals surface area contributed by atoms with Crippen molar-refractivity contribution in [2.75, 3.05) is 11.1 Å². The molecule has 0 saturated carbocycles. The zero-order chi connectivity index (χ0) is 14.4. The molecule has 0 bridgehead atoms. The second kappa shape index (κ2) is 7.12. The molecule has 20 heavy (non-hydrogen) atoms. The highest BCUT2D eigenvalue weighted by atomic mass is 35.5. The number of rotatable bonds is 5. The number of anilines is 1. The van der Waals surface area contributed by atoms with Gasteiger partial charge in [-0.25, -0.2) is 0 Å². The molecular weight excluding hydrogens is 294 g/mol. The maximum atomic E-state index is 11.8. The van der Waals surface area contributed by atoms with Crippen molar-refractivity contribution >= 4 is 41.2 Å². The van der Waals surface area contributed by atoms with Crippen LogP contribution in [-0.2, 0) is 4.79 Å². The molecule has 2 rings (SSSR count). The maximum Gasteiger partial charge on any atom is 0.234 e. The van der Waals surface area contributed by atoms with Crippen molar-refractivity contribution in [3.8, 4) is 0 Å². The van der Waals surface area contributed by atoms with Gasteiger partial charge in [-0.15, -0.1) is 11.8 Å². The van der Waals surface area contributed by atoms with Crippen LogP contribution >= 0.6 is 23.4 Å². The number of hydrogen-bond acceptors (Lipinski definition) is 3. The van der Waals surface area contributed by atoms with Crippen LogP contribution in [0.1, 0.15) is 10.4 Å². The number of benzene rings is 2. The van der Waals surface area contributed by atoms with Crippen molar-refractivity contribution in [1.29, 1.82) is 0 Å². The molecule has 102 valence electrons. The summed E-state index contributed by atoms with van der Waals surface area (Å²) in [6, 6.07) is 14.1. The Bertz CT molecular complexity index is 596. The molecule has 2 aromatic rings. The molecular formula is C15H12ClNO2S. The van der Waals surface area contributed by atoms with E-state index in [0.717, 1.165) is 16.9 Å². The summed E-state index contributed by atoms with van der Waals surface area (Å²) >= 11 is 7.19. The number of halogens is 1. The van der Waals surface area contributed by atoms with Crippen molar-refractivity contribution in [2.45, 2.75) is 4.90 Å². The minimum absolute atomic E-state index is 0.0863. The van der Waals surface area contributed by atoms with Gasteiger partial charge in [0.25, 0.3) is 0 Å². The average Bonchev–Trinajstić information content (AvgIpc) is 2.48. The summed E-state index contributed by atoms with van der Waals surface area (Å²) in [4.78, 5) is 23.2. The molecule has 2 aromatic carbocycles. The number of nitrogens with one attached hydrogen (secondary N) is 1. The molecule has 0 fully saturated rings. The van der Waals surface area contributed by atoms with Crippen LogP contribution in [0.2, 0.25) is 5.02 Å². The van der Waals surface area contributed by atoms with E-state index in [1.165, 1.54) is 11.8 Å². The minimum Gasteiger partial charge on any atom is -0.325 e. The highest BCUT2D eigenvalue weighted by Gasteiger charge is 2.04. The van der Waals surface area contributed by atoms with Crippen LogP contribution in [0.3, 0.4) is 0 Å². The van der Waals surface area contributed by atoms with Gasteiger partial charge in [0.05, 0.1) is 5.75 Å². The number of carbonyl (C=O) groups is 2. The average molecular weight is 306 g/mol. The molecule has 1 N–H and O–H groups in total. The lowest BCUT2D eigenvalue weighted by Crippen LogP contribution is -2.13. The minimum atomic E-state index is -0.0863. The van der Waals surface area contributed by atoms with Gasteiger partial charge in [-0.1, -0.05) is 23.7 Å². The Balaban J connectivity index is 1.85. The summed E-state index contributed by atoms with van der Waals surface area (Å²) in [6.07, 6.45) is 0.793. The molecule has 0 spiro atoms. The van der Waals surface area contributed by atoms with Crippen molar-refractivity contribution in [3.63, 3.8) is 0 Å². The standard InChI is InChI=1S/C15H12ClNO2S/c16-12-3-5-13(6-4-12)17-15(19)10-20-14-7-1-11(9-18)2-8-14/h1-9H,10H2,(H,17,19). The number of amides is 1. The molecule has 1 amide bonds. The fourth-order valence-corrected chi connectivity index (χ4v) is 2.35. The van der Waals surface area contributed by atoms with E-state index in [1.807, 2.05) is 12.1 Å². The first-order valence-electron chi connectivity index (χ1n) is 5.91. The molecule has 0 radical (unpaired) electrons. The topological polar surface area (TPSA) is 46.2 Å². The molecule has 0 aliphatic carbocycles. The van der Waals surface area contributed by atoms with Crippen LogP contribution in [0.15, 0.2) is 53.4 Å². The second-order valence-electron chi connectivity index (χ2n) is 4.03. The SMILES string of the molecule is O=Cc1ccc(SCC(=O)Nc2ccc(Cl)cc2)cc1. The molecule has 5 heteroatoms. The second-order valence-corrected chi connectivity index (χ2v) is 5.52. The summed E-state index contributed by atoms with van der Waals surface area (Å²) in [5.74, 6) is 0.222. The predicted octanol–water partition coefficient (Wildman–Crippen LogP) is 3.88. The van der Waals surface area contributed by atoms with Crippen LogP contribution in [0, 0.1) is 0 Å². The summed E-state index contributed by atoms with van der Waals surface area (Å²) in [7, 11) is 0. The summed E-state index contributed by atoms with van der Waals surface area (Å²) in [5, 5.41) is 3.42. The van der Waals surface area contributed by atoms with Crippen LogP contribution in [0.4, 0.5) is 5.69 Å². The van der Waals surface area contributed by atoms with E-state index in [-0.39, 0.29) is 5.91 Å². The van der Waals surface area contributed by atoms with Gasteiger partial charge in [0.2, 0.25) is 5.91 Å². The van der Waals surface area contributed by atoms with E-state index in [9.17, 15) is 9.59 Å². The van der Waals surface area contributed by atoms with E-state index in [0.29, 0.717) is 16.3 Å². The summed E-state index contributed by atoms with van der Waals surface area (Å²) < 4.78 is 0. The molecule has 0 saturated heterocycles. The van der Waals surface area contributed by atoms with Gasteiger partial charge in [-0.2, -0.15) is 0 Å². The molecule has 0 unspecified atom stereocenters. The third kappa shape index (κ3) is 4.40. The Hall–Kier alpha value is -1.78. The number of hydrogen-bond donors (Lipinski definition) is 1. The van der Waals surface area contributed by atoms with Gasteiger partial charge in [0, 0.05) is 21.2 Å². The van der Waals surface area contributed by atoms with Gasteiger partial charge in [-0.05, 0) is 36.4 Å². The van der Waals surface area contributed by atoms with E-state index in [4.69, 9.17) is 11.6 Å². The number of aldehydes is 1. The van der Waals surface area contributed by atoms with Crippen molar-refractivity contribution < 1.29 is 9.59 Å². The van der Waals surface area contributed by atoms with Crippen LogP contribution in [0.5, 0.6) is 0 Å². The monoisotopic (exact) mass is 305 g/mol. The van der Waals surface area contributed by atoms with Gasteiger partial charge >= 0.3 is 0 Å². The normalized spacial score (nSPS) is 10.1. The quantitative estimate of drug-likeness (QED) is 0.673. The fraction of sp³-hybridized carbons (Fsp3) is 0.0667. The van der Waals surface area contributed by atoms with E-state index in [1.54, 1.807) is 36.4 Å². The van der Waals surface area contributed by atoms with Crippen LogP contribution in [-0.4, -0.2) is 17.9 Å². The van der Waals surface area contributed by atoms with Crippen molar-refractivity contribution in [3.05, 3.63) is 59.1 Å². The van der Waals surface area contributed by atoms with Gasteiger partial charge in [0.15, 0.2) is 0 Å². The first kappa shape index (κ1) is 14.6. The molecule has 3 nitrogen and oxygen atoms in total. The third-order valence-corrected chi connectivity index (χ3v) is 3.78. The molecule has 0 aliphatic rings. The van der Waals surface area contributed by atoms with Gasteiger partial charge in [0.1, 0.15) is 6.29 Å². The number of carbonyl (C=O) groups excluding carboxylic acids is 2. The Morgan fingerprint density at radius 1 is 1.10 bits per heavy atom. The maximum absolute atomic E-state index is 11.8. The third-order valence-electron chi connectivity index (χ3n) is 2.51. The molecule has 0 aromatic heterocycles. The summed E-state index contributed by atoms with van der Waals surface area (Å²) in [5.41, 5.74) is 1.34. The lowest BCUT2D eigenvalue weighted by molar-refractivity contribution is -0.113. The Morgan fingerprint density at radius 2 is 1.75 bits per heavy atom. The zero-order valence-electron chi connectivity index (χ0n) is 10.5. The lowest BCUT2D eigenvalue weighted by atomic mass is 10.2. The lowest BCUT2D eigenvalue weighted by Gasteiger charge is -2.05. The smallest absolute Gasteiger partial charge is 0.234 e.